The Kier molecular flexibility index (Phi) is 2.30. The minimum Gasteiger partial charge on any atom is -0.192 e. The molecule has 0 aliphatic heterocycles. The standard InChI is InChI=1S/C16H19N/c1-15-6-9-16(10-7-15,11-8-15)14-4-2-13(12-17)3-5-14/h2-5H,6-11H2,1H3. The highest BCUT2D eigenvalue weighted by atomic mass is 14.5. The zero-order chi connectivity index (χ0) is 11.9. The third kappa shape index (κ3) is 1.67. The van der Waals surface area contributed by atoms with E-state index in [1.54, 1.807) is 0 Å². The molecule has 3 fully saturated rings. The molecule has 3 aliphatic rings. The summed E-state index contributed by atoms with van der Waals surface area (Å²) in [5, 5.41) is 8.85. The van der Waals surface area contributed by atoms with Crippen molar-refractivity contribution in [3.8, 4) is 6.07 Å². The minimum atomic E-state index is 0.436. The number of benzene rings is 1. The molecule has 1 aromatic carbocycles. The maximum absolute atomic E-state index is 8.85. The first-order valence-corrected chi connectivity index (χ1v) is 6.67. The van der Waals surface area contributed by atoms with Gasteiger partial charge in [0.25, 0.3) is 0 Å². The van der Waals surface area contributed by atoms with Crippen molar-refractivity contribution in [1.29, 1.82) is 5.26 Å². The van der Waals surface area contributed by atoms with Crippen LogP contribution in [-0.2, 0) is 5.41 Å². The second kappa shape index (κ2) is 3.60. The van der Waals surface area contributed by atoms with Gasteiger partial charge in [-0.15, -0.1) is 0 Å². The van der Waals surface area contributed by atoms with Gasteiger partial charge in [-0.3, -0.25) is 0 Å². The quantitative estimate of drug-likeness (QED) is 0.703. The molecule has 3 aliphatic carbocycles. The van der Waals surface area contributed by atoms with Crippen LogP contribution in [0.5, 0.6) is 0 Å². The maximum atomic E-state index is 8.85. The summed E-state index contributed by atoms with van der Waals surface area (Å²) in [5.41, 5.74) is 3.32. The van der Waals surface area contributed by atoms with Crippen LogP contribution in [0.15, 0.2) is 24.3 Å². The van der Waals surface area contributed by atoms with E-state index in [0.29, 0.717) is 10.8 Å². The molecule has 0 amide bonds. The van der Waals surface area contributed by atoms with Crippen LogP contribution in [0, 0.1) is 16.7 Å². The fourth-order valence-electron chi connectivity index (χ4n) is 3.70. The summed E-state index contributed by atoms with van der Waals surface area (Å²) >= 11 is 0. The minimum absolute atomic E-state index is 0.436. The van der Waals surface area contributed by atoms with Crippen LogP contribution < -0.4 is 0 Å². The number of rotatable bonds is 1. The van der Waals surface area contributed by atoms with Gasteiger partial charge >= 0.3 is 0 Å². The zero-order valence-corrected chi connectivity index (χ0v) is 10.5. The molecule has 2 bridgehead atoms. The SMILES string of the molecule is CC12CCC(c3ccc(C#N)cc3)(CC1)CC2. The number of hydrogen-bond acceptors (Lipinski definition) is 1. The van der Waals surface area contributed by atoms with E-state index in [1.807, 2.05) is 12.1 Å². The molecule has 1 aromatic rings. The molecular weight excluding hydrogens is 206 g/mol. The van der Waals surface area contributed by atoms with Crippen molar-refractivity contribution in [3.63, 3.8) is 0 Å². The van der Waals surface area contributed by atoms with Crippen molar-refractivity contribution in [2.45, 2.75) is 50.9 Å². The maximum Gasteiger partial charge on any atom is 0.0991 e. The molecule has 3 saturated carbocycles. The first-order valence-electron chi connectivity index (χ1n) is 6.67. The lowest BCUT2D eigenvalue weighted by Crippen LogP contribution is -2.42. The van der Waals surface area contributed by atoms with Gasteiger partial charge in [-0.2, -0.15) is 5.26 Å². The first kappa shape index (κ1) is 10.8. The van der Waals surface area contributed by atoms with E-state index >= 15 is 0 Å². The van der Waals surface area contributed by atoms with Crippen LogP contribution in [0.4, 0.5) is 0 Å². The third-order valence-electron chi connectivity index (χ3n) is 5.25. The molecule has 0 aromatic heterocycles. The predicted molar refractivity (Wildman–Crippen MR) is 68.6 cm³/mol. The van der Waals surface area contributed by atoms with Gasteiger partial charge in [0.2, 0.25) is 0 Å². The Bertz CT molecular complexity index is 439. The normalized spacial score (nSPS) is 35.5. The number of hydrogen-bond donors (Lipinski definition) is 0. The third-order valence-corrected chi connectivity index (χ3v) is 5.25. The molecule has 0 atom stereocenters. The topological polar surface area (TPSA) is 23.8 Å². The van der Waals surface area contributed by atoms with Gasteiger partial charge in [-0.05, 0) is 67.1 Å². The number of nitriles is 1. The van der Waals surface area contributed by atoms with Crippen molar-refractivity contribution >= 4 is 0 Å². The molecule has 0 heterocycles. The van der Waals surface area contributed by atoms with Gasteiger partial charge in [-0.25, -0.2) is 0 Å². The van der Waals surface area contributed by atoms with Crippen molar-refractivity contribution in [2.24, 2.45) is 5.41 Å². The summed E-state index contributed by atoms with van der Waals surface area (Å²) in [5.74, 6) is 0. The van der Waals surface area contributed by atoms with Crippen molar-refractivity contribution in [2.75, 3.05) is 0 Å². The van der Waals surface area contributed by atoms with E-state index in [1.165, 1.54) is 44.1 Å². The monoisotopic (exact) mass is 225 g/mol. The second-order valence-electron chi connectivity index (χ2n) is 6.28. The molecule has 1 heteroatoms. The lowest BCUT2D eigenvalue weighted by atomic mass is 9.52. The highest BCUT2D eigenvalue weighted by molar-refractivity contribution is 5.36. The number of nitrogens with zero attached hydrogens (tertiary/aromatic N) is 1. The molecule has 0 spiro atoms. The van der Waals surface area contributed by atoms with Crippen LogP contribution in [-0.4, -0.2) is 0 Å². The van der Waals surface area contributed by atoms with Gasteiger partial charge < -0.3 is 0 Å². The van der Waals surface area contributed by atoms with E-state index in [-0.39, 0.29) is 0 Å². The van der Waals surface area contributed by atoms with Crippen molar-refractivity contribution < 1.29 is 0 Å². The molecular formula is C16H19N. The van der Waals surface area contributed by atoms with Gasteiger partial charge in [0.15, 0.2) is 0 Å². The fourth-order valence-corrected chi connectivity index (χ4v) is 3.70. The number of fused-ring (bicyclic) bond motifs is 3. The summed E-state index contributed by atoms with van der Waals surface area (Å²) in [6.45, 7) is 2.45. The average molecular weight is 225 g/mol. The Morgan fingerprint density at radius 3 is 1.94 bits per heavy atom. The fraction of sp³-hybridized carbons (Fsp3) is 0.562. The Morgan fingerprint density at radius 1 is 0.941 bits per heavy atom. The second-order valence-corrected chi connectivity index (χ2v) is 6.28. The van der Waals surface area contributed by atoms with Crippen LogP contribution in [0.25, 0.3) is 0 Å². The van der Waals surface area contributed by atoms with E-state index in [4.69, 9.17) is 5.26 Å². The van der Waals surface area contributed by atoms with Crippen LogP contribution in [0.2, 0.25) is 0 Å². The predicted octanol–water partition coefficient (Wildman–Crippen LogP) is 4.17. The molecule has 0 unspecified atom stereocenters. The van der Waals surface area contributed by atoms with Gasteiger partial charge in [0.05, 0.1) is 11.6 Å². The summed E-state index contributed by atoms with van der Waals surface area (Å²) in [7, 11) is 0. The zero-order valence-electron chi connectivity index (χ0n) is 10.5. The Hall–Kier alpha value is -1.29. The lowest BCUT2D eigenvalue weighted by molar-refractivity contribution is 0.0556. The van der Waals surface area contributed by atoms with E-state index < -0.39 is 0 Å². The van der Waals surface area contributed by atoms with Gasteiger partial charge in [0, 0.05) is 0 Å². The summed E-state index contributed by atoms with van der Waals surface area (Å²) < 4.78 is 0. The summed E-state index contributed by atoms with van der Waals surface area (Å²) in [4.78, 5) is 0. The molecule has 4 rings (SSSR count). The van der Waals surface area contributed by atoms with Crippen molar-refractivity contribution in [1.82, 2.24) is 0 Å². The van der Waals surface area contributed by atoms with Crippen LogP contribution in [0.1, 0.15) is 56.6 Å². The molecule has 0 N–H and O–H groups in total. The molecule has 17 heavy (non-hydrogen) atoms. The summed E-state index contributed by atoms with van der Waals surface area (Å²) in [6.07, 6.45) is 8.17. The molecule has 88 valence electrons. The largest absolute Gasteiger partial charge is 0.192 e. The first-order chi connectivity index (χ1) is 8.16. The van der Waals surface area contributed by atoms with E-state index in [9.17, 15) is 0 Å². The molecule has 0 radical (unpaired) electrons. The van der Waals surface area contributed by atoms with Crippen LogP contribution >= 0.6 is 0 Å². The van der Waals surface area contributed by atoms with Crippen LogP contribution in [0.3, 0.4) is 0 Å². The lowest BCUT2D eigenvalue weighted by Gasteiger charge is -2.52. The van der Waals surface area contributed by atoms with Gasteiger partial charge in [0.1, 0.15) is 0 Å². The molecule has 1 nitrogen and oxygen atoms in total. The molecule has 0 saturated heterocycles. The smallest absolute Gasteiger partial charge is 0.0991 e. The Labute approximate surface area is 103 Å². The Balaban J connectivity index is 1.91. The van der Waals surface area contributed by atoms with Gasteiger partial charge in [-0.1, -0.05) is 19.1 Å². The Morgan fingerprint density at radius 2 is 1.47 bits per heavy atom. The highest BCUT2D eigenvalue weighted by Crippen LogP contribution is 2.57. The average Bonchev–Trinajstić information content (AvgIpc) is 2.40. The summed E-state index contributed by atoms with van der Waals surface area (Å²) in [6, 6.07) is 10.5. The van der Waals surface area contributed by atoms with Crippen molar-refractivity contribution in [3.05, 3.63) is 35.4 Å². The van der Waals surface area contributed by atoms with E-state index in [0.717, 1.165) is 5.56 Å². The van der Waals surface area contributed by atoms with E-state index in [2.05, 4.69) is 25.1 Å². The highest BCUT2D eigenvalue weighted by Gasteiger charge is 2.46.